The SMILES string of the molecule is [Li].[Li].c1ccc2[c](c1)[Sn][c]1ccccc1-2. The van der Waals surface area contributed by atoms with E-state index in [9.17, 15) is 0 Å². The normalized spacial score (nSPS) is 10.7. The van der Waals surface area contributed by atoms with E-state index < -0.39 is 21.1 Å². The number of hydrogen-bond acceptors (Lipinski definition) is 0. The molecule has 0 amide bonds. The Morgan fingerprint density at radius 1 is 0.600 bits per heavy atom. The molecule has 3 heteroatoms. The van der Waals surface area contributed by atoms with Gasteiger partial charge in [-0.25, -0.2) is 0 Å². The van der Waals surface area contributed by atoms with Crippen LogP contribution in [-0.4, -0.2) is 58.9 Å². The van der Waals surface area contributed by atoms with Gasteiger partial charge in [-0.3, -0.25) is 0 Å². The topological polar surface area (TPSA) is 0 Å². The Morgan fingerprint density at radius 3 is 1.47 bits per heavy atom. The molecule has 0 saturated carbocycles. The van der Waals surface area contributed by atoms with E-state index >= 15 is 0 Å². The zero-order valence-electron chi connectivity index (χ0n) is 9.12. The van der Waals surface area contributed by atoms with Crippen LogP contribution in [0.25, 0.3) is 11.1 Å². The monoisotopic (exact) mass is 286 g/mol. The van der Waals surface area contributed by atoms with E-state index in [0.29, 0.717) is 0 Å². The van der Waals surface area contributed by atoms with Gasteiger partial charge in [0.2, 0.25) is 0 Å². The van der Waals surface area contributed by atoms with Crippen molar-refractivity contribution in [1.82, 2.24) is 0 Å². The summed E-state index contributed by atoms with van der Waals surface area (Å²) in [6.07, 6.45) is 0. The molecule has 0 bridgehead atoms. The molecular weight excluding hydrogens is 277 g/mol. The summed E-state index contributed by atoms with van der Waals surface area (Å²) in [6.45, 7) is 0. The Morgan fingerprint density at radius 2 is 1.00 bits per heavy atom. The van der Waals surface area contributed by atoms with E-state index in [-0.39, 0.29) is 37.7 Å². The summed E-state index contributed by atoms with van der Waals surface area (Å²) in [5.74, 6) is 0. The molecule has 15 heavy (non-hydrogen) atoms. The number of fused-ring (bicyclic) bond motifs is 3. The van der Waals surface area contributed by atoms with Gasteiger partial charge in [-0.15, -0.1) is 0 Å². The fourth-order valence-corrected chi connectivity index (χ4v) is 5.67. The first-order valence-corrected chi connectivity index (χ1v) is 7.26. The van der Waals surface area contributed by atoms with Crippen molar-refractivity contribution in [2.24, 2.45) is 0 Å². The predicted molar refractivity (Wildman–Crippen MR) is 68.4 cm³/mol. The molecule has 0 N–H and O–H groups in total. The number of rotatable bonds is 0. The summed E-state index contributed by atoms with van der Waals surface area (Å²) in [5, 5.41) is 0. The summed E-state index contributed by atoms with van der Waals surface area (Å²) >= 11 is -0.443. The first-order valence-electron chi connectivity index (χ1n) is 4.40. The van der Waals surface area contributed by atoms with Crippen LogP contribution in [-0.2, 0) is 0 Å². The molecule has 62 valence electrons. The van der Waals surface area contributed by atoms with Gasteiger partial charge in [0.15, 0.2) is 0 Å². The summed E-state index contributed by atoms with van der Waals surface area (Å²) in [6, 6.07) is 17.7. The van der Waals surface area contributed by atoms with Gasteiger partial charge in [0.25, 0.3) is 0 Å². The van der Waals surface area contributed by atoms with Gasteiger partial charge >= 0.3 is 88.0 Å². The average molecular weight is 285 g/mol. The molecule has 3 rings (SSSR count). The molecule has 2 aromatic rings. The van der Waals surface area contributed by atoms with Crippen LogP contribution < -0.4 is 7.16 Å². The van der Waals surface area contributed by atoms with Gasteiger partial charge in [0.05, 0.1) is 0 Å². The molecule has 0 aromatic heterocycles. The van der Waals surface area contributed by atoms with Crippen LogP contribution in [0.1, 0.15) is 0 Å². The van der Waals surface area contributed by atoms with Gasteiger partial charge < -0.3 is 0 Å². The summed E-state index contributed by atoms with van der Waals surface area (Å²) in [7, 11) is 0. The first-order chi connectivity index (χ1) is 6.45. The van der Waals surface area contributed by atoms with Crippen LogP contribution in [0.3, 0.4) is 0 Å². The van der Waals surface area contributed by atoms with Gasteiger partial charge in [-0.1, -0.05) is 0 Å². The van der Waals surface area contributed by atoms with Crippen LogP contribution >= 0.6 is 0 Å². The Hall–Kier alpha value is 0.434. The van der Waals surface area contributed by atoms with Gasteiger partial charge in [-0.2, -0.15) is 0 Å². The van der Waals surface area contributed by atoms with Gasteiger partial charge in [0.1, 0.15) is 0 Å². The zero-order chi connectivity index (χ0) is 8.67. The molecule has 0 atom stereocenters. The fraction of sp³-hybridized carbons (Fsp3) is 0. The molecule has 0 aliphatic carbocycles. The molecule has 0 fully saturated rings. The third-order valence-corrected chi connectivity index (χ3v) is 6.44. The van der Waals surface area contributed by atoms with E-state index in [2.05, 4.69) is 48.5 Å². The number of hydrogen-bond donors (Lipinski definition) is 0. The maximum absolute atomic E-state index is 2.29. The van der Waals surface area contributed by atoms with Crippen molar-refractivity contribution >= 4 is 66.0 Å². The van der Waals surface area contributed by atoms with Crippen molar-refractivity contribution in [3.8, 4) is 11.1 Å². The molecule has 1 aliphatic heterocycles. The van der Waals surface area contributed by atoms with Gasteiger partial charge in [-0.05, 0) is 0 Å². The standard InChI is InChI=1S/C12H8.2Li.Sn/c1-3-7-11(8-4-1)12-9-5-2-6-10-12;;;/h1-7,9H;;;. The van der Waals surface area contributed by atoms with Crippen LogP contribution in [0.5, 0.6) is 0 Å². The molecule has 4 radical (unpaired) electrons. The number of benzene rings is 2. The van der Waals surface area contributed by atoms with Crippen molar-refractivity contribution < 1.29 is 0 Å². The van der Waals surface area contributed by atoms with Crippen molar-refractivity contribution in [3.05, 3.63) is 48.5 Å². The summed E-state index contributed by atoms with van der Waals surface area (Å²) < 4.78 is 3.26. The second kappa shape index (κ2) is 5.67. The second-order valence-electron chi connectivity index (χ2n) is 3.22. The molecule has 0 spiro atoms. The second-order valence-corrected chi connectivity index (χ2v) is 7.00. The van der Waals surface area contributed by atoms with E-state index in [1.807, 2.05) is 0 Å². The van der Waals surface area contributed by atoms with E-state index in [0.717, 1.165) is 0 Å². The molecule has 0 unspecified atom stereocenters. The third-order valence-electron chi connectivity index (χ3n) is 2.41. The van der Waals surface area contributed by atoms with E-state index in [4.69, 9.17) is 0 Å². The van der Waals surface area contributed by atoms with Crippen LogP contribution in [0.2, 0.25) is 0 Å². The third kappa shape index (κ3) is 2.41. The predicted octanol–water partition coefficient (Wildman–Crippen LogP) is 0.560. The van der Waals surface area contributed by atoms with Crippen molar-refractivity contribution in [2.75, 3.05) is 0 Å². The van der Waals surface area contributed by atoms with Crippen molar-refractivity contribution in [2.45, 2.75) is 0 Å². The molecule has 0 nitrogen and oxygen atoms in total. The van der Waals surface area contributed by atoms with Crippen molar-refractivity contribution in [3.63, 3.8) is 0 Å². The molecule has 1 aliphatic rings. The van der Waals surface area contributed by atoms with E-state index in [1.165, 1.54) is 11.1 Å². The van der Waals surface area contributed by atoms with Crippen LogP contribution in [0.4, 0.5) is 0 Å². The van der Waals surface area contributed by atoms with Crippen molar-refractivity contribution in [1.29, 1.82) is 0 Å². The van der Waals surface area contributed by atoms with Crippen LogP contribution in [0.15, 0.2) is 48.5 Å². The first kappa shape index (κ1) is 13.5. The molecule has 0 saturated heterocycles. The van der Waals surface area contributed by atoms with Gasteiger partial charge in [0, 0.05) is 37.7 Å². The van der Waals surface area contributed by atoms with Crippen LogP contribution in [0, 0.1) is 0 Å². The molecule has 2 aromatic carbocycles. The minimum atomic E-state index is -0.443. The fourth-order valence-electron chi connectivity index (χ4n) is 1.80. The Kier molecular flexibility index (Phi) is 5.10. The average Bonchev–Trinajstić information content (AvgIpc) is 2.56. The maximum atomic E-state index is 2.29. The quantitative estimate of drug-likeness (QED) is 0.529. The Labute approximate surface area is 124 Å². The molecule has 1 heterocycles. The van der Waals surface area contributed by atoms with E-state index in [1.54, 1.807) is 7.16 Å². The Balaban J connectivity index is 0.000000562. The summed E-state index contributed by atoms with van der Waals surface area (Å²) in [5.41, 5.74) is 2.98. The zero-order valence-corrected chi connectivity index (χ0v) is 12.0. The Bertz CT molecular complexity index is 425. The summed E-state index contributed by atoms with van der Waals surface area (Å²) in [4.78, 5) is 0. The minimum absolute atomic E-state index is 0. The molecular formula is C12H8Li2Sn.